The Hall–Kier alpha value is -1.39. The average Bonchev–Trinajstić information content (AvgIpc) is 2.44. The van der Waals surface area contributed by atoms with E-state index in [1.54, 1.807) is 0 Å². The number of hydrogen-bond acceptors (Lipinski definition) is 3. The first kappa shape index (κ1) is 16.7. The van der Waals surface area contributed by atoms with Crippen LogP contribution in [0.1, 0.15) is 38.7 Å². The van der Waals surface area contributed by atoms with Gasteiger partial charge in [0.25, 0.3) is 0 Å². The molecule has 1 aromatic carbocycles. The molecular formula is C16H26N2O2. The molecule has 0 bridgehead atoms. The van der Waals surface area contributed by atoms with Crippen LogP contribution in [0.4, 0.5) is 0 Å². The van der Waals surface area contributed by atoms with Gasteiger partial charge in [0.05, 0.1) is 0 Å². The molecule has 1 aromatic rings. The maximum Gasteiger partial charge on any atom is 0.242 e. The Kier molecular flexibility index (Phi) is 6.68. The molecule has 0 spiro atoms. The molecule has 1 rings (SSSR count). The quantitative estimate of drug-likeness (QED) is 0.679. The highest BCUT2D eigenvalue weighted by Gasteiger charge is 2.33. The molecular weight excluding hydrogens is 252 g/mol. The van der Waals surface area contributed by atoms with Crippen LogP contribution in [0.3, 0.4) is 0 Å². The molecule has 1 amide bonds. The van der Waals surface area contributed by atoms with Crippen LogP contribution in [0.2, 0.25) is 0 Å². The third kappa shape index (κ3) is 4.62. The topological polar surface area (TPSA) is 78.3 Å². The van der Waals surface area contributed by atoms with E-state index in [9.17, 15) is 4.79 Å². The molecule has 0 fully saturated rings. The molecule has 4 heteroatoms. The zero-order valence-corrected chi connectivity index (χ0v) is 12.5. The van der Waals surface area contributed by atoms with E-state index in [0.717, 1.165) is 18.4 Å². The van der Waals surface area contributed by atoms with Gasteiger partial charge in [-0.15, -0.1) is 0 Å². The summed E-state index contributed by atoms with van der Waals surface area (Å²) in [6.07, 6.45) is 2.68. The van der Waals surface area contributed by atoms with E-state index in [1.807, 2.05) is 30.3 Å². The van der Waals surface area contributed by atoms with Crippen molar-refractivity contribution in [3.63, 3.8) is 0 Å². The maximum absolute atomic E-state index is 11.7. The number of hydrogen-bond donors (Lipinski definition) is 2. The van der Waals surface area contributed by atoms with Gasteiger partial charge in [-0.1, -0.05) is 50.6 Å². The summed E-state index contributed by atoms with van der Waals surface area (Å²) >= 11 is 0. The van der Waals surface area contributed by atoms with Crippen molar-refractivity contribution in [3.8, 4) is 0 Å². The minimum atomic E-state index is -1.16. The van der Waals surface area contributed by atoms with E-state index < -0.39 is 11.4 Å². The van der Waals surface area contributed by atoms with E-state index in [-0.39, 0.29) is 0 Å². The second-order valence-electron chi connectivity index (χ2n) is 5.42. The fourth-order valence-electron chi connectivity index (χ4n) is 2.24. The van der Waals surface area contributed by atoms with Crippen LogP contribution in [0, 0.1) is 5.92 Å². The van der Waals surface area contributed by atoms with Gasteiger partial charge >= 0.3 is 0 Å². The molecule has 0 radical (unpaired) electrons. The molecule has 4 nitrogen and oxygen atoms in total. The highest BCUT2D eigenvalue weighted by atomic mass is 16.5. The van der Waals surface area contributed by atoms with Crippen molar-refractivity contribution in [3.05, 3.63) is 35.9 Å². The third-order valence-corrected chi connectivity index (χ3v) is 3.55. The SMILES string of the molecule is CCCC(C)COCCC(N)(C(N)=O)c1ccccc1. The number of primary amides is 1. The molecule has 0 aliphatic rings. The second-order valence-corrected chi connectivity index (χ2v) is 5.42. The summed E-state index contributed by atoms with van der Waals surface area (Å²) in [6, 6.07) is 9.23. The van der Waals surface area contributed by atoms with E-state index in [1.165, 1.54) is 0 Å². The molecule has 0 saturated heterocycles. The number of carbonyl (C=O) groups excluding carboxylic acids is 1. The Morgan fingerprint density at radius 3 is 2.55 bits per heavy atom. The van der Waals surface area contributed by atoms with Crippen molar-refractivity contribution in [2.75, 3.05) is 13.2 Å². The molecule has 4 N–H and O–H groups in total. The van der Waals surface area contributed by atoms with Crippen LogP contribution in [-0.2, 0) is 15.1 Å². The largest absolute Gasteiger partial charge is 0.381 e. The van der Waals surface area contributed by atoms with Gasteiger partial charge in [-0.3, -0.25) is 4.79 Å². The van der Waals surface area contributed by atoms with Gasteiger partial charge in [0, 0.05) is 19.6 Å². The van der Waals surface area contributed by atoms with Crippen molar-refractivity contribution in [1.82, 2.24) is 0 Å². The van der Waals surface area contributed by atoms with E-state index in [0.29, 0.717) is 25.6 Å². The Bertz CT molecular complexity index is 408. The van der Waals surface area contributed by atoms with Crippen molar-refractivity contribution < 1.29 is 9.53 Å². The Labute approximate surface area is 121 Å². The first-order valence-corrected chi connectivity index (χ1v) is 7.22. The van der Waals surface area contributed by atoms with Crippen molar-refractivity contribution in [1.29, 1.82) is 0 Å². The number of nitrogens with two attached hydrogens (primary N) is 2. The standard InChI is InChI=1S/C16H26N2O2/c1-3-7-13(2)12-20-11-10-16(18,15(17)19)14-8-5-4-6-9-14/h4-6,8-9,13H,3,7,10-12,18H2,1-2H3,(H2,17,19). The second kappa shape index (κ2) is 8.02. The van der Waals surface area contributed by atoms with Crippen molar-refractivity contribution in [2.45, 2.75) is 38.6 Å². The van der Waals surface area contributed by atoms with Gasteiger partial charge in [0.2, 0.25) is 5.91 Å². The molecule has 20 heavy (non-hydrogen) atoms. The average molecular weight is 278 g/mol. The summed E-state index contributed by atoms with van der Waals surface area (Å²) in [7, 11) is 0. The Morgan fingerprint density at radius 1 is 1.35 bits per heavy atom. The summed E-state index contributed by atoms with van der Waals surface area (Å²) in [5, 5.41) is 0. The molecule has 0 heterocycles. The van der Waals surface area contributed by atoms with Crippen LogP contribution in [0.15, 0.2) is 30.3 Å². The third-order valence-electron chi connectivity index (χ3n) is 3.55. The van der Waals surface area contributed by atoms with E-state index in [4.69, 9.17) is 16.2 Å². The smallest absolute Gasteiger partial charge is 0.242 e. The zero-order valence-electron chi connectivity index (χ0n) is 12.5. The Balaban J connectivity index is 2.54. The Morgan fingerprint density at radius 2 is 2.00 bits per heavy atom. The predicted octanol–water partition coefficient (Wildman–Crippen LogP) is 2.17. The van der Waals surface area contributed by atoms with E-state index in [2.05, 4.69) is 13.8 Å². The lowest BCUT2D eigenvalue weighted by molar-refractivity contribution is -0.124. The summed E-state index contributed by atoms with van der Waals surface area (Å²) in [4.78, 5) is 11.7. The lowest BCUT2D eigenvalue weighted by Crippen LogP contribution is -2.49. The van der Waals surface area contributed by atoms with E-state index >= 15 is 0 Å². The highest BCUT2D eigenvalue weighted by Crippen LogP contribution is 2.22. The van der Waals surface area contributed by atoms with Crippen molar-refractivity contribution in [2.24, 2.45) is 17.4 Å². The van der Waals surface area contributed by atoms with Gasteiger partial charge < -0.3 is 16.2 Å². The normalized spacial score (nSPS) is 15.6. The molecule has 2 atom stereocenters. The van der Waals surface area contributed by atoms with Crippen LogP contribution < -0.4 is 11.5 Å². The fraction of sp³-hybridized carbons (Fsp3) is 0.562. The highest BCUT2D eigenvalue weighted by molar-refractivity contribution is 5.85. The van der Waals surface area contributed by atoms with Crippen LogP contribution in [0.5, 0.6) is 0 Å². The number of carbonyl (C=O) groups is 1. The fourth-order valence-corrected chi connectivity index (χ4v) is 2.24. The minimum Gasteiger partial charge on any atom is -0.381 e. The van der Waals surface area contributed by atoms with Crippen molar-refractivity contribution >= 4 is 5.91 Å². The first-order valence-electron chi connectivity index (χ1n) is 7.22. The number of benzene rings is 1. The van der Waals surface area contributed by atoms with Gasteiger partial charge in [0.15, 0.2) is 0 Å². The van der Waals surface area contributed by atoms with Gasteiger partial charge in [-0.25, -0.2) is 0 Å². The predicted molar refractivity (Wildman–Crippen MR) is 81.0 cm³/mol. The van der Waals surface area contributed by atoms with Gasteiger partial charge in [0.1, 0.15) is 5.54 Å². The first-order chi connectivity index (χ1) is 9.50. The molecule has 0 aliphatic carbocycles. The lowest BCUT2D eigenvalue weighted by Gasteiger charge is -2.26. The number of rotatable bonds is 9. The minimum absolute atomic E-state index is 0.394. The van der Waals surface area contributed by atoms with Crippen LogP contribution >= 0.6 is 0 Å². The number of amides is 1. The number of ether oxygens (including phenoxy) is 1. The molecule has 112 valence electrons. The summed E-state index contributed by atoms with van der Waals surface area (Å²) in [5.41, 5.74) is 11.2. The molecule has 0 saturated carbocycles. The molecule has 0 aliphatic heterocycles. The van der Waals surface area contributed by atoms with Crippen LogP contribution in [-0.4, -0.2) is 19.1 Å². The lowest BCUT2D eigenvalue weighted by atomic mass is 9.87. The monoisotopic (exact) mass is 278 g/mol. The van der Waals surface area contributed by atoms with Gasteiger partial charge in [-0.2, -0.15) is 0 Å². The zero-order chi connectivity index (χ0) is 15.0. The summed E-state index contributed by atoms with van der Waals surface area (Å²) in [6.45, 7) is 5.44. The summed E-state index contributed by atoms with van der Waals surface area (Å²) < 4.78 is 5.63. The summed E-state index contributed by atoms with van der Waals surface area (Å²) in [5.74, 6) is 0.00591. The maximum atomic E-state index is 11.7. The molecule has 2 unspecified atom stereocenters. The molecule has 0 aromatic heterocycles. The van der Waals surface area contributed by atoms with Crippen LogP contribution in [0.25, 0.3) is 0 Å². The van der Waals surface area contributed by atoms with Gasteiger partial charge in [-0.05, 0) is 17.9 Å².